The van der Waals surface area contributed by atoms with Gasteiger partial charge in [0.1, 0.15) is 6.04 Å². The highest BCUT2D eigenvalue weighted by molar-refractivity contribution is 5.87. The van der Waals surface area contributed by atoms with Crippen molar-refractivity contribution in [3.63, 3.8) is 0 Å². The number of nitrogens with two attached hydrogens (primary N) is 1. The Labute approximate surface area is 58.8 Å². The Morgan fingerprint density at radius 1 is 1.70 bits per heavy atom. The minimum Gasteiger partial charge on any atom is -0.368 e. The molecular formula is C6H10N2O2. The minimum atomic E-state index is -0.437. The van der Waals surface area contributed by atoms with Gasteiger partial charge in [-0.2, -0.15) is 0 Å². The lowest BCUT2D eigenvalue weighted by Crippen LogP contribution is -2.46. The van der Waals surface area contributed by atoms with Gasteiger partial charge in [0.2, 0.25) is 11.8 Å². The highest BCUT2D eigenvalue weighted by Gasteiger charge is 2.21. The van der Waals surface area contributed by atoms with E-state index in [1.165, 1.54) is 0 Å². The first-order valence-corrected chi connectivity index (χ1v) is 3.29. The van der Waals surface area contributed by atoms with E-state index in [1.807, 2.05) is 0 Å². The number of carbonyl (C=O) groups is 2. The molecule has 4 heteroatoms. The van der Waals surface area contributed by atoms with Crippen molar-refractivity contribution in [1.82, 2.24) is 5.32 Å². The Morgan fingerprint density at radius 3 is 2.80 bits per heavy atom. The summed E-state index contributed by atoms with van der Waals surface area (Å²) in [7, 11) is 0. The van der Waals surface area contributed by atoms with E-state index in [0.717, 1.165) is 6.42 Å². The van der Waals surface area contributed by atoms with Gasteiger partial charge >= 0.3 is 0 Å². The Kier molecular flexibility index (Phi) is 1.89. The molecule has 0 saturated carbocycles. The second-order valence-corrected chi connectivity index (χ2v) is 2.41. The van der Waals surface area contributed by atoms with Gasteiger partial charge in [-0.25, -0.2) is 0 Å². The smallest absolute Gasteiger partial charge is 0.239 e. The summed E-state index contributed by atoms with van der Waals surface area (Å²) in [5.41, 5.74) is 4.98. The maximum Gasteiger partial charge on any atom is 0.239 e. The van der Waals surface area contributed by atoms with E-state index in [-0.39, 0.29) is 5.91 Å². The molecule has 4 nitrogen and oxygen atoms in total. The van der Waals surface area contributed by atoms with Crippen LogP contribution in [0.2, 0.25) is 0 Å². The molecule has 0 bridgehead atoms. The summed E-state index contributed by atoms with van der Waals surface area (Å²) in [6.07, 6.45) is 1.96. The molecule has 1 fully saturated rings. The molecule has 2 amide bonds. The van der Waals surface area contributed by atoms with Gasteiger partial charge in [0.05, 0.1) is 0 Å². The lowest BCUT2D eigenvalue weighted by molar-refractivity contribution is -0.129. The summed E-state index contributed by atoms with van der Waals surface area (Å²) in [6, 6.07) is -0.429. The Bertz CT molecular complexity index is 165. The van der Waals surface area contributed by atoms with Crippen LogP contribution in [0.15, 0.2) is 0 Å². The standard InChI is InChI=1S/C6H10N2O2/c7-6(10)4-2-1-3-5(9)8-4/h4H,1-3H2,(H2,7,10)(H,8,9)/t4-/m0/s1. The number of piperidine rings is 1. The molecular weight excluding hydrogens is 132 g/mol. The number of hydrogen-bond acceptors (Lipinski definition) is 2. The second kappa shape index (κ2) is 2.68. The zero-order valence-electron chi connectivity index (χ0n) is 5.59. The average molecular weight is 142 g/mol. The highest BCUT2D eigenvalue weighted by atomic mass is 16.2. The monoisotopic (exact) mass is 142 g/mol. The van der Waals surface area contributed by atoms with Crippen LogP contribution in [-0.2, 0) is 9.59 Å². The molecule has 0 aromatic carbocycles. The van der Waals surface area contributed by atoms with E-state index in [4.69, 9.17) is 5.73 Å². The number of hydrogen-bond donors (Lipinski definition) is 2. The van der Waals surface area contributed by atoms with Crippen molar-refractivity contribution < 1.29 is 9.59 Å². The van der Waals surface area contributed by atoms with Crippen molar-refractivity contribution in [2.24, 2.45) is 5.73 Å². The minimum absolute atomic E-state index is 0.0740. The Morgan fingerprint density at radius 2 is 2.40 bits per heavy atom. The largest absolute Gasteiger partial charge is 0.368 e. The van der Waals surface area contributed by atoms with E-state index in [9.17, 15) is 9.59 Å². The van der Waals surface area contributed by atoms with Crippen LogP contribution in [-0.4, -0.2) is 17.9 Å². The van der Waals surface area contributed by atoms with Crippen LogP contribution in [0.3, 0.4) is 0 Å². The van der Waals surface area contributed by atoms with Gasteiger partial charge in [0, 0.05) is 6.42 Å². The van der Waals surface area contributed by atoms with E-state index in [1.54, 1.807) is 0 Å². The maximum absolute atomic E-state index is 10.7. The third-order valence-corrected chi connectivity index (χ3v) is 1.58. The molecule has 0 spiro atoms. The lowest BCUT2D eigenvalue weighted by Gasteiger charge is -2.19. The number of nitrogens with one attached hydrogen (secondary N) is 1. The molecule has 1 rings (SSSR count). The van der Waals surface area contributed by atoms with Crippen molar-refractivity contribution >= 4 is 11.8 Å². The number of rotatable bonds is 1. The molecule has 1 saturated heterocycles. The fourth-order valence-electron chi connectivity index (χ4n) is 1.02. The first-order valence-electron chi connectivity index (χ1n) is 3.29. The average Bonchev–Trinajstić information content (AvgIpc) is 1.88. The molecule has 0 unspecified atom stereocenters. The fourth-order valence-corrected chi connectivity index (χ4v) is 1.02. The third-order valence-electron chi connectivity index (χ3n) is 1.58. The summed E-state index contributed by atoms with van der Waals surface area (Å²) in [5.74, 6) is -0.511. The van der Waals surface area contributed by atoms with Gasteiger partial charge in [-0.15, -0.1) is 0 Å². The SMILES string of the molecule is NC(=O)[C@@H]1CCCC(=O)N1. The van der Waals surface area contributed by atoms with Crippen molar-refractivity contribution in [2.75, 3.05) is 0 Å². The molecule has 10 heavy (non-hydrogen) atoms. The predicted octanol–water partition coefficient (Wildman–Crippen LogP) is -0.860. The molecule has 0 aromatic rings. The summed E-state index contributed by atoms with van der Waals surface area (Å²) in [6.45, 7) is 0. The van der Waals surface area contributed by atoms with Crippen LogP contribution in [0.5, 0.6) is 0 Å². The van der Waals surface area contributed by atoms with Crippen LogP contribution >= 0.6 is 0 Å². The molecule has 1 heterocycles. The highest BCUT2D eigenvalue weighted by Crippen LogP contribution is 2.06. The van der Waals surface area contributed by atoms with Crippen LogP contribution < -0.4 is 11.1 Å². The summed E-state index contributed by atoms with van der Waals surface area (Å²) < 4.78 is 0. The van der Waals surface area contributed by atoms with Gasteiger partial charge < -0.3 is 11.1 Å². The normalized spacial score (nSPS) is 25.6. The molecule has 0 aliphatic carbocycles. The van der Waals surface area contributed by atoms with Gasteiger partial charge in [-0.05, 0) is 12.8 Å². The fraction of sp³-hybridized carbons (Fsp3) is 0.667. The zero-order valence-corrected chi connectivity index (χ0v) is 5.59. The summed E-state index contributed by atoms with van der Waals surface area (Å²) in [5, 5.41) is 2.50. The van der Waals surface area contributed by atoms with E-state index >= 15 is 0 Å². The molecule has 1 aliphatic heterocycles. The Balaban J connectivity index is 2.47. The maximum atomic E-state index is 10.7. The van der Waals surface area contributed by atoms with Gasteiger partial charge in [0.25, 0.3) is 0 Å². The number of amides is 2. The van der Waals surface area contributed by atoms with E-state index in [0.29, 0.717) is 12.8 Å². The van der Waals surface area contributed by atoms with Gasteiger partial charge in [0.15, 0.2) is 0 Å². The molecule has 1 atom stereocenters. The third kappa shape index (κ3) is 1.46. The molecule has 0 aromatic heterocycles. The lowest BCUT2D eigenvalue weighted by atomic mass is 10.0. The topological polar surface area (TPSA) is 72.2 Å². The number of primary amides is 1. The van der Waals surface area contributed by atoms with Crippen LogP contribution in [0.25, 0.3) is 0 Å². The van der Waals surface area contributed by atoms with E-state index in [2.05, 4.69) is 5.32 Å². The molecule has 3 N–H and O–H groups in total. The van der Waals surface area contributed by atoms with Crippen molar-refractivity contribution in [3.05, 3.63) is 0 Å². The van der Waals surface area contributed by atoms with Crippen molar-refractivity contribution in [1.29, 1.82) is 0 Å². The van der Waals surface area contributed by atoms with Gasteiger partial charge in [-0.1, -0.05) is 0 Å². The molecule has 0 radical (unpaired) electrons. The van der Waals surface area contributed by atoms with Crippen LogP contribution in [0.1, 0.15) is 19.3 Å². The first kappa shape index (κ1) is 7.05. The quantitative estimate of drug-likeness (QED) is 0.500. The predicted molar refractivity (Wildman–Crippen MR) is 35.0 cm³/mol. The molecule has 1 aliphatic rings. The van der Waals surface area contributed by atoms with E-state index < -0.39 is 11.9 Å². The number of carbonyl (C=O) groups excluding carboxylic acids is 2. The first-order chi connectivity index (χ1) is 4.70. The second-order valence-electron chi connectivity index (χ2n) is 2.41. The summed E-state index contributed by atoms with van der Waals surface area (Å²) in [4.78, 5) is 21.2. The van der Waals surface area contributed by atoms with Crippen molar-refractivity contribution in [2.45, 2.75) is 25.3 Å². The molecule has 56 valence electrons. The Hall–Kier alpha value is -1.06. The zero-order chi connectivity index (χ0) is 7.56. The summed E-state index contributed by atoms with van der Waals surface area (Å²) >= 11 is 0. The van der Waals surface area contributed by atoms with Crippen molar-refractivity contribution in [3.8, 4) is 0 Å². The van der Waals surface area contributed by atoms with Gasteiger partial charge in [-0.3, -0.25) is 9.59 Å². The van der Waals surface area contributed by atoms with Crippen LogP contribution in [0.4, 0.5) is 0 Å². The van der Waals surface area contributed by atoms with Crippen LogP contribution in [0, 0.1) is 0 Å².